The number of aromatic nitrogens is 2. The second-order valence-corrected chi connectivity index (χ2v) is 4.92. The highest BCUT2D eigenvalue weighted by Gasteiger charge is 2.11. The second-order valence-electron chi connectivity index (χ2n) is 3.48. The summed E-state index contributed by atoms with van der Waals surface area (Å²) in [6.45, 7) is -0.211. The van der Waals surface area contributed by atoms with E-state index in [1.807, 2.05) is 0 Å². The fraction of sp³-hybridized carbons (Fsp3) is 0.556. The third kappa shape index (κ3) is 4.58. The second kappa shape index (κ2) is 7.27. The van der Waals surface area contributed by atoms with Crippen LogP contribution in [-0.4, -0.2) is 40.8 Å². The van der Waals surface area contributed by atoms with E-state index in [0.717, 1.165) is 0 Å². The van der Waals surface area contributed by atoms with Crippen LogP contribution < -0.4 is 11.4 Å². The smallest absolute Gasteiger partial charge is 0.349 e. The standard InChI is InChI=1S/C9H16N3O5P/c1-16-18(15)6-17-7(5-13)4-12-3-2-8(10)11-9(12)14/h2-3,7,13,18H,4-6H2,1H3,(H2,10,11,14)/t7-/m0/s1. The van der Waals surface area contributed by atoms with Gasteiger partial charge in [-0.1, -0.05) is 0 Å². The molecule has 0 aliphatic carbocycles. The summed E-state index contributed by atoms with van der Waals surface area (Å²) in [5, 5.41) is 9.10. The summed E-state index contributed by atoms with van der Waals surface area (Å²) in [7, 11) is -0.936. The van der Waals surface area contributed by atoms with Crippen LogP contribution in [0.5, 0.6) is 0 Å². The Morgan fingerprint density at radius 3 is 2.94 bits per heavy atom. The van der Waals surface area contributed by atoms with Gasteiger partial charge in [-0.05, 0) is 6.07 Å². The van der Waals surface area contributed by atoms with Gasteiger partial charge in [-0.15, -0.1) is 0 Å². The molecule has 1 rings (SSSR count). The van der Waals surface area contributed by atoms with Crippen molar-refractivity contribution in [2.24, 2.45) is 0 Å². The molecule has 0 radical (unpaired) electrons. The van der Waals surface area contributed by atoms with Crippen molar-refractivity contribution in [2.45, 2.75) is 12.6 Å². The van der Waals surface area contributed by atoms with Crippen molar-refractivity contribution >= 4 is 13.8 Å². The SMILES string of the molecule is CO[PH](=O)CO[C@H](CO)Cn1ccc(N)nc1=O. The number of aliphatic hydroxyl groups excluding tert-OH is 1. The molecule has 9 heteroatoms. The number of ether oxygens (including phenoxy) is 1. The quantitative estimate of drug-likeness (QED) is 0.632. The van der Waals surface area contributed by atoms with E-state index in [0.29, 0.717) is 0 Å². The molecule has 2 atom stereocenters. The zero-order valence-corrected chi connectivity index (χ0v) is 10.9. The van der Waals surface area contributed by atoms with Gasteiger partial charge in [0.05, 0.1) is 19.3 Å². The largest absolute Gasteiger partial charge is 0.394 e. The molecule has 8 nitrogen and oxygen atoms in total. The number of nitrogens with two attached hydrogens (primary N) is 1. The summed E-state index contributed by atoms with van der Waals surface area (Å²) in [5.74, 6) is 0.127. The van der Waals surface area contributed by atoms with Gasteiger partial charge in [0.25, 0.3) is 0 Å². The van der Waals surface area contributed by atoms with E-state index in [9.17, 15) is 9.36 Å². The van der Waals surface area contributed by atoms with Crippen molar-refractivity contribution in [3.63, 3.8) is 0 Å². The highest BCUT2D eigenvalue weighted by Crippen LogP contribution is 2.20. The van der Waals surface area contributed by atoms with Crippen LogP contribution in [0.3, 0.4) is 0 Å². The molecule has 0 aliphatic rings. The molecule has 18 heavy (non-hydrogen) atoms. The molecule has 0 spiro atoms. The summed E-state index contributed by atoms with van der Waals surface area (Å²) in [5.41, 5.74) is 4.82. The van der Waals surface area contributed by atoms with Gasteiger partial charge < -0.3 is 20.1 Å². The summed E-state index contributed by atoms with van der Waals surface area (Å²) >= 11 is 0. The summed E-state index contributed by atoms with van der Waals surface area (Å²) in [6, 6.07) is 1.47. The van der Waals surface area contributed by atoms with E-state index in [-0.39, 0.29) is 25.3 Å². The third-order valence-electron chi connectivity index (χ3n) is 2.16. The maximum atomic E-state index is 11.4. The summed E-state index contributed by atoms with van der Waals surface area (Å²) in [6.07, 6.45) is 0.691. The lowest BCUT2D eigenvalue weighted by Gasteiger charge is -2.16. The fourth-order valence-electron chi connectivity index (χ4n) is 1.21. The molecule has 0 saturated carbocycles. The van der Waals surface area contributed by atoms with Gasteiger partial charge in [0, 0.05) is 13.3 Å². The molecule has 0 aliphatic heterocycles. The number of anilines is 1. The number of nitrogens with zero attached hydrogens (tertiary/aromatic N) is 2. The number of rotatable bonds is 7. The molecule has 0 aromatic carbocycles. The van der Waals surface area contributed by atoms with Crippen molar-refractivity contribution in [2.75, 3.05) is 25.8 Å². The predicted molar refractivity (Wildman–Crippen MR) is 65.7 cm³/mol. The van der Waals surface area contributed by atoms with Crippen LogP contribution in [0.2, 0.25) is 0 Å². The lowest BCUT2D eigenvalue weighted by atomic mass is 10.3. The molecule has 0 fully saturated rings. The molecule has 3 N–H and O–H groups in total. The van der Waals surface area contributed by atoms with E-state index in [1.54, 1.807) is 0 Å². The number of hydrogen-bond acceptors (Lipinski definition) is 7. The zero-order chi connectivity index (χ0) is 13.5. The Hall–Kier alpha value is -1.21. The van der Waals surface area contributed by atoms with Gasteiger partial charge in [-0.3, -0.25) is 9.13 Å². The minimum absolute atomic E-state index is 0.0987. The molecular weight excluding hydrogens is 261 g/mol. The summed E-state index contributed by atoms with van der Waals surface area (Å²) < 4.78 is 22.1. The van der Waals surface area contributed by atoms with Crippen molar-refractivity contribution in [3.05, 3.63) is 22.7 Å². The average molecular weight is 277 g/mol. The lowest BCUT2D eigenvalue weighted by Crippen LogP contribution is -2.31. The highest BCUT2D eigenvalue weighted by molar-refractivity contribution is 7.38. The van der Waals surface area contributed by atoms with Crippen LogP contribution in [0.15, 0.2) is 17.1 Å². The molecule has 1 heterocycles. The van der Waals surface area contributed by atoms with Gasteiger partial charge in [-0.2, -0.15) is 4.98 Å². The van der Waals surface area contributed by atoms with E-state index in [4.69, 9.17) is 15.6 Å². The predicted octanol–water partition coefficient (Wildman–Crippen LogP) is -0.718. The molecular formula is C9H16N3O5P. The maximum Gasteiger partial charge on any atom is 0.349 e. The Balaban J connectivity index is 2.62. The normalized spacial score (nSPS) is 14.3. The molecule has 0 amide bonds. The Morgan fingerprint density at radius 1 is 1.67 bits per heavy atom. The van der Waals surface area contributed by atoms with Crippen LogP contribution in [-0.2, 0) is 20.4 Å². The minimum Gasteiger partial charge on any atom is -0.394 e. The maximum absolute atomic E-state index is 11.4. The molecule has 1 aromatic heterocycles. The van der Waals surface area contributed by atoms with Crippen LogP contribution in [0.4, 0.5) is 5.82 Å². The van der Waals surface area contributed by atoms with Crippen molar-refractivity contribution < 1.29 is 18.9 Å². The minimum atomic E-state index is -2.25. The highest BCUT2D eigenvalue weighted by atomic mass is 31.1. The Kier molecular flexibility index (Phi) is 6.00. The topological polar surface area (TPSA) is 117 Å². The molecule has 0 saturated heterocycles. The van der Waals surface area contributed by atoms with E-state index >= 15 is 0 Å². The molecule has 0 bridgehead atoms. The van der Waals surface area contributed by atoms with E-state index in [2.05, 4.69) is 9.51 Å². The van der Waals surface area contributed by atoms with Crippen LogP contribution in [0.25, 0.3) is 0 Å². The van der Waals surface area contributed by atoms with Crippen LogP contribution in [0, 0.1) is 0 Å². The van der Waals surface area contributed by atoms with Crippen LogP contribution >= 0.6 is 8.03 Å². The zero-order valence-electron chi connectivity index (χ0n) is 9.91. The first-order valence-corrected chi connectivity index (χ1v) is 6.71. The van der Waals surface area contributed by atoms with Gasteiger partial charge in [-0.25, -0.2) is 4.79 Å². The van der Waals surface area contributed by atoms with Crippen molar-refractivity contribution in [3.8, 4) is 0 Å². The number of aliphatic hydroxyl groups is 1. The average Bonchev–Trinajstić information content (AvgIpc) is 2.36. The monoisotopic (exact) mass is 277 g/mol. The fourth-order valence-corrected chi connectivity index (χ4v) is 1.70. The first-order valence-electron chi connectivity index (χ1n) is 5.19. The Labute approximate surface area is 104 Å². The molecule has 1 unspecified atom stereocenters. The third-order valence-corrected chi connectivity index (χ3v) is 3.02. The van der Waals surface area contributed by atoms with Gasteiger partial charge in [0.15, 0.2) is 0 Å². The van der Waals surface area contributed by atoms with Crippen molar-refractivity contribution in [1.82, 2.24) is 9.55 Å². The lowest BCUT2D eigenvalue weighted by molar-refractivity contribution is 0.0231. The first-order chi connectivity index (χ1) is 8.56. The number of nitrogen functional groups attached to an aromatic ring is 1. The van der Waals surface area contributed by atoms with Gasteiger partial charge in [0.2, 0.25) is 8.03 Å². The van der Waals surface area contributed by atoms with Crippen LogP contribution in [0.1, 0.15) is 0 Å². The first kappa shape index (κ1) is 14.8. The van der Waals surface area contributed by atoms with Crippen molar-refractivity contribution in [1.29, 1.82) is 0 Å². The van der Waals surface area contributed by atoms with E-state index < -0.39 is 19.8 Å². The molecule has 102 valence electrons. The number of hydrogen-bond donors (Lipinski definition) is 2. The summed E-state index contributed by atoms with van der Waals surface area (Å²) in [4.78, 5) is 15.0. The Bertz CT molecular complexity index is 464. The molecule has 1 aromatic rings. The van der Waals surface area contributed by atoms with E-state index in [1.165, 1.54) is 23.9 Å². The Morgan fingerprint density at radius 2 is 2.39 bits per heavy atom. The van der Waals surface area contributed by atoms with Gasteiger partial charge in [0.1, 0.15) is 12.2 Å². The van der Waals surface area contributed by atoms with Gasteiger partial charge >= 0.3 is 5.69 Å².